The molecule has 2 rings (SSSR count). The van der Waals surface area contributed by atoms with Crippen LogP contribution in [0.4, 0.5) is 17.2 Å². The van der Waals surface area contributed by atoms with Gasteiger partial charge in [0.05, 0.1) is 30.3 Å². The number of hydrogen-bond acceptors (Lipinski definition) is 6. The number of nitrogens with zero attached hydrogens (tertiary/aromatic N) is 1. The number of hydrogen-bond donors (Lipinski definition) is 2. The fourth-order valence-electron chi connectivity index (χ4n) is 1.73. The van der Waals surface area contributed by atoms with E-state index in [0.717, 1.165) is 5.69 Å². The zero-order valence-corrected chi connectivity index (χ0v) is 13.6. The van der Waals surface area contributed by atoms with Crippen molar-refractivity contribution >= 4 is 33.2 Å². The quantitative estimate of drug-likeness (QED) is 0.787. The molecule has 0 aliphatic rings. The molecule has 0 aliphatic heterocycles. The molecule has 0 atom stereocenters. The van der Waals surface area contributed by atoms with Gasteiger partial charge in [0.25, 0.3) is 0 Å². The Hall–Kier alpha value is -2.61. The maximum atomic E-state index is 11.5. The Balaban J connectivity index is 2.05. The normalized spacial score (nSPS) is 10.9. The van der Waals surface area contributed by atoms with E-state index in [1.165, 1.54) is 13.3 Å². The summed E-state index contributed by atoms with van der Waals surface area (Å²) in [6, 6.07) is 10.0. The second-order valence-electron chi connectivity index (χ2n) is 4.63. The number of carbonyl (C=O) groups is 1. The number of ether oxygens (including phenoxy) is 1. The smallest absolute Gasteiger partial charge is 0.337 e. The van der Waals surface area contributed by atoms with Gasteiger partial charge in [-0.25, -0.2) is 18.2 Å². The molecule has 2 aromatic rings. The van der Waals surface area contributed by atoms with Gasteiger partial charge >= 0.3 is 5.97 Å². The predicted molar refractivity (Wildman–Crippen MR) is 88.4 cm³/mol. The summed E-state index contributed by atoms with van der Waals surface area (Å²) in [6.07, 6.45) is 1.52. The average Bonchev–Trinajstić information content (AvgIpc) is 2.56. The number of sulfonamides is 1. The van der Waals surface area contributed by atoms with E-state index in [1.54, 1.807) is 43.3 Å². The molecule has 1 aromatic heterocycles. The molecule has 0 radical (unpaired) electrons. The van der Waals surface area contributed by atoms with Crippen LogP contribution in [0.3, 0.4) is 0 Å². The second kappa shape index (κ2) is 7.10. The minimum absolute atomic E-state index is 0.0127. The summed E-state index contributed by atoms with van der Waals surface area (Å²) >= 11 is 0. The maximum absolute atomic E-state index is 11.5. The van der Waals surface area contributed by atoms with Gasteiger partial charge in [0, 0.05) is 5.69 Å². The molecule has 0 fully saturated rings. The Morgan fingerprint density at radius 2 is 1.78 bits per heavy atom. The standard InChI is InChI=1S/C15H17N3O4S/c1-3-23(20,21)18-14-9-8-13(10-16-14)17-12-6-4-11(5-7-12)15(19)22-2/h4-10,17H,3H2,1-2H3,(H,16,18). The summed E-state index contributed by atoms with van der Waals surface area (Å²) in [7, 11) is -2.01. The SMILES string of the molecule is CCS(=O)(=O)Nc1ccc(Nc2ccc(C(=O)OC)cc2)cn1. The highest BCUT2D eigenvalue weighted by molar-refractivity contribution is 7.92. The Bertz CT molecular complexity index is 771. The van der Waals surface area contributed by atoms with Gasteiger partial charge in [-0.1, -0.05) is 0 Å². The molecule has 8 heteroatoms. The van der Waals surface area contributed by atoms with Crippen molar-refractivity contribution in [2.24, 2.45) is 0 Å². The number of nitrogens with one attached hydrogen (secondary N) is 2. The lowest BCUT2D eigenvalue weighted by molar-refractivity contribution is 0.0601. The second-order valence-corrected chi connectivity index (χ2v) is 6.64. The van der Waals surface area contributed by atoms with E-state index in [4.69, 9.17) is 0 Å². The Kier molecular flexibility index (Phi) is 5.17. The molecule has 0 spiro atoms. The topological polar surface area (TPSA) is 97.4 Å². The number of benzene rings is 1. The number of carbonyl (C=O) groups excluding carboxylic acids is 1. The van der Waals surface area contributed by atoms with Crippen molar-refractivity contribution in [2.45, 2.75) is 6.92 Å². The van der Waals surface area contributed by atoms with E-state index >= 15 is 0 Å². The molecule has 23 heavy (non-hydrogen) atoms. The van der Waals surface area contributed by atoms with Gasteiger partial charge < -0.3 is 10.1 Å². The molecule has 1 aromatic carbocycles. The van der Waals surface area contributed by atoms with Crippen molar-refractivity contribution in [3.63, 3.8) is 0 Å². The molecule has 2 N–H and O–H groups in total. The molecule has 122 valence electrons. The highest BCUT2D eigenvalue weighted by atomic mass is 32.2. The van der Waals surface area contributed by atoms with E-state index in [-0.39, 0.29) is 11.6 Å². The van der Waals surface area contributed by atoms with Gasteiger partial charge in [-0.05, 0) is 43.3 Å². The third-order valence-corrected chi connectivity index (χ3v) is 4.28. The van der Waals surface area contributed by atoms with Gasteiger partial charge in [0.2, 0.25) is 10.0 Å². The summed E-state index contributed by atoms with van der Waals surface area (Å²) in [5, 5.41) is 3.10. The van der Waals surface area contributed by atoms with Crippen LogP contribution in [-0.2, 0) is 14.8 Å². The molecule has 7 nitrogen and oxygen atoms in total. The van der Waals surface area contributed by atoms with Gasteiger partial charge in [-0.15, -0.1) is 0 Å². The van der Waals surface area contributed by atoms with Crippen LogP contribution in [0.25, 0.3) is 0 Å². The van der Waals surface area contributed by atoms with Gasteiger partial charge in [-0.2, -0.15) is 0 Å². The Labute approximate surface area is 134 Å². The van der Waals surface area contributed by atoms with Gasteiger partial charge in [0.15, 0.2) is 0 Å². The fourth-order valence-corrected chi connectivity index (χ4v) is 2.32. The van der Waals surface area contributed by atoms with Crippen LogP contribution in [0.2, 0.25) is 0 Å². The Morgan fingerprint density at radius 3 is 2.30 bits per heavy atom. The third-order valence-electron chi connectivity index (χ3n) is 3.00. The first-order valence-electron chi connectivity index (χ1n) is 6.85. The Morgan fingerprint density at radius 1 is 1.13 bits per heavy atom. The molecule has 0 saturated heterocycles. The highest BCUT2D eigenvalue weighted by Gasteiger charge is 2.08. The van der Waals surface area contributed by atoms with Crippen molar-refractivity contribution in [1.82, 2.24) is 4.98 Å². The lowest BCUT2D eigenvalue weighted by Gasteiger charge is -2.09. The van der Waals surface area contributed by atoms with Gasteiger partial charge in [-0.3, -0.25) is 4.72 Å². The van der Waals surface area contributed by atoms with E-state index in [2.05, 4.69) is 19.8 Å². The fraction of sp³-hybridized carbons (Fsp3) is 0.200. The summed E-state index contributed by atoms with van der Waals surface area (Å²) < 4.78 is 29.9. The molecule has 0 aliphatic carbocycles. The molecule has 1 heterocycles. The van der Waals surface area contributed by atoms with E-state index in [9.17, 15) is 13.2 Å². The number of anilines is 3. The largest absolute Gasteiger partial charge is 0.465 e. The zero-order valence-electron chi connectivity index (χ0n) is 12.7. The number of pyridine rings is 1. The number of esters is 1. The summed E-state index contributed by atoms with van der Waals surface area (Å²) in [6.45, 7) is 1.55. The molecule has 0 unspecified atom stereocenters. The monoisotopic (exact) mass is 335 g/mol. The first-order chi connectivity index (χ1) is 10.9. The van der Waals surface area contributed by atoms with Gasteiger partial charge in [0.1, 0.15) is 5.82 Å². The minimum atomic E-state index is -3.34. The molecule has 0 saturated carbocycles. The average molecular weight is 335 g/mol. The van der Waals surface area contributed by atoms with E-state index < -0.39 is 16.0 Å². The van der Waals surface area contributed by atoms with Crippen LogP contribution in [0, 0.1) is 0 Å². The van der Waals surface area contributed by atoms with E-state index in [0.29, 0.717) is 11.3 Å². The lowest BCUT2D eigenvalue weighted by Crippen LogP contribution is -2.15. The first-order valence-corrected chi connectivity index (χ1v) is 8.50. The van der Waals surface area contributed by atoms with Crippen molar-refractivity contribution in [2.75, 3.05) is 22.9 Å². The van der Waals surface area contributed by atoms with Crippen LogP contribution >= 0.6 is 0 Å². The van der Waals surface area contributed by atoms with Crippen LogP contribution in [0.5, 0.6) is 0 Å². The summed E-state index contributed by atoms with van der Waals surface area (Å²) in [4.78, 5) is 15.4. The van der Waals surface area contributed by atoms with Crippen LogP contribution in [-0.4, -0.2) is 32.2 Å². The number of aromatic nitrogens is 1. The maximum Gasteiger partial charge on any atom is 0.337 e. The minimum Gasteiger partial charge on any atom is -0.465 e. The predicted octanol–water partition coefficient (Wildman–Crippen LogP) is 2.37. The van der Waals surface area contributed by atoms with Crippen molar-refractivity contribution < 1.29 is 17.9 Å². The van der Waals surface area contributed by atoms with Crippen molar-refractivity contribution in [3.8, 4) is 0 Å². The summed E-state index contributed by atoms with van der Waals surface area (Å²) in [5.74, 6) is -0.148. The lowest BCUT2D eigenvalue weighted by atomic mass is 10.2. The van der Waals surface area contributed by atoms with Crippen LogP contribution in [0.15, 0.2) is 42.6 Å². The first kappa shape index (κ1) is 16.8. The number of rotatable bonds is 6. The van der Waals surface area contributed by atoms with Crippen molar-refractivity contribution in [3.05, 3.63) is 48.2 Å². The van der Waals surface area contributed by atoms with E-state index in [1.807, 2.05) is 0 Å². The molecular weight excluding hydrogens is 318 g/mol. The third kappa shape index (κ3) is 4.68. The molecule has 0 bridgehead atoms. The molecular formula is C15H17N3O4S. The summed E-state index contributed by atoms with van der Waals surface area (Å²) in [5.41, 5.74) is 1.91. The van der Waals surface area contributed by atoms with Crippen molar-refractivity contribution in [1.29, 1.82) is 0 Å². The van der Waals surface area contributed by atoms with Crippen LogP contribution in [0.1, 0.15) is 17.3 Å². The molecule has 0 amide bonds. The van der Waals surface area contributed by atoms with Crippen LogP contribution < -0.4 is 10.0 Å². The zero-order chi connectivity index (χ0) is 16.9. The number of methoxy groups -OCH3 is 1. The highest BCUT2D eigenvalue weighted by Crippen LogP contribution is 2.18.